The predicted molar refractivity (Wildman–Crippen MR) is 62.4 cm³/mol. The largest absolute Gasteiger partial charge is 0.481 e. The Morgan fingerprint density at radius 2 is 1.94 bits per heavy atom. The van der Waals surface area contributed by atoms with E-state index in [1.54, 1.807) is 0 Å². The maximum atomic E-state index is 12.8. The molecule has 1 atom stereocenters. The Bertz CT molecular complexity index is 414. The summed E-state index contributed by atoms with van der Waals surface area (Å²) >= 11 is 0. The summed E-state index contributed by atoms with van der Waals surface area (Å²) in [6, 6.07) is 5.62. The van der Waals surface area contributed by atoms with Crippen LogP contribution in [-0.2, 0) is 14.3 Å². The van der Waals surface area contributed by atoms with Crippen LogP contribution in [0.5, 0.6) is 0 Å². The van der Waals surface area contributed by atoms with Gasteiger partial charge in [-0.05, 0) is 30.5 Å². The van der Waals surface area contributed by atoms with Crippen LogP contribution in [0.15, 0.2) is 24.3 Å². The van der Waals surface area contributed by atoms with Crippen molar-refractivity contribution < 1.29 is 23.8 Å². The minimum absolute atomic E-state index is 0.0129. The summed E-state index contributed by atoms with van der Waals surface area (Å²) in [5.74, 6) is -1.71. The van der Waals surface area contributed by atoms with Crippen LogP contribution in [0.25, 0.3) is 0 Å². The van der Waals surface area contributed by atoms with Crippen LogP contribution in [0.4, 0.5) is 4.39 Å². The molecule has 0 amide bonds. The number of aliphatic carboxylic acids is 1. The van der Waals surface area contributed by atoms with Gasteiger partial charge in [0, 0.05) is 13.3 Å². The van der Waals surface area contributed by atoms with Gasteiger partial charge in [0.15, 0.2) is 0 Å². The third kappa shape index (κ3) is 4.95. The molecule has 0 saturated carbocycles. The van der Waals surface area contributed by atoms with E-state index in [9.17, 15) is 14.0 Å². The van der Waals surface area contributed by atoms with E-state index in [-0.39, 0.29) is 12.2 Å². The Morgan fingerprint density at radius 3 is 2.44 bits per heavy atom. The van der Waals surface area contributed by atoms with Crippen molar-refractivity contribution in [3.05, 3.63) is 35.6 Å². The second kappa shape index (κ2) is 6.74. The van der Waals surface area contributed by atoms with Crippen LogP contribution in [0.2, 0.25) is 0 Å². The number of carboxylic acid groups (broad SMARTS) is 1. The Kier molecular flexibility index (Phi) is 5.30. The van der Waals surface area contributed by atoms with Crippen molar-refractivity contribution in [1.82, 2.24) is 0 Å². The number of hydrogen-bond donors (Lipinski definition) is 1. The molecule has 0 saturated heterocycles. The molecular weight excluding hydrogens is 239 g/mol. The number of rotatable bonds is 6. The Balaban J connectivity index is 2.68. The monoisotopic (exact) mass is 254 g/mol. The van der Waals surface area contributed by atoms with E-state index in [1.807, 2.05) is 0 Å². The van der Waals surface area contributed by atoms with E-state index >= 15 is 0 Å². The van der Waals surface area contributed by atoms with E-state index in [0.29, 0.717) is 18.4 Å². The number of carbonyl (C=O) groups is 2. The van der Waals surface area contributed by atoms with Gasteiger partial charge in [0.2, 0.25) is 0 Å². The average Bonchev–Trinajstić information content (AvgIpc) is 2.28. The highest BCUT2D eigenvalue weighted by atomic mass is 19.1. The molecule has 1 aromatic carbocycles. The zero-order valence-electron chi connectivity index (χ0n) is 10.1. The lowest BCUT2D eigenvalue weighted by molar-refractivity contribution is -0.147. The van der Waals surface area contributed by atoms with Crippen molar-refractivity contribution in [2.24, 2.45) is 0 Å². The highest BCUT2D eigenvalue weighted by molar-refractivity contribution is 5.67. The summed E-state index contributed by atoms with van der Waals surface area (Å²) in [4.78, 5) is 21.4. The standard InChI is InChI=1S/C13H15FO4/c1-9(15)18-12(3-2-4-13(16)17)10-5-7-11(14)8-6-10/h5-8,12H,2-4H2,1H3,(H,16,17)/t12-/m1/s1. The molecule has 0 bridgehead atoms. The number of esters is 1. The molecule has 0 spiro atoms. The molecular formula is C13H15FO4. The molecule has 0 unspecified atom stereocenters. The maximum absolute atomic E-state index is 12.8. The third-order valence-corrected chi connectivity index (χ3v) is 2.41. The maximum Gasteiger partial charge on any atom is 0.303 e. The number of hydrogen-bond acceptors (Lipinski definition) is 3. The summed E-state index contributed by atoms with van der Waals surface area (Å²) in [5.41, 5.74) is 0.664. The lowest BCUT2D eigenvalue weighted by atomic mass is 10.0. The molecule has 0 heterocycles. The molecule has 1 aromatic rings. The fraction of sp³-hybridized carbons (Fsp3) is 0.385. The molecule has 1 N–H and O–H groups in total. The van der Waals surface area contributed by atoms with Crippen LogP contribution < -0.4 is 0 Å². The second-order valence-electron chi connectivity index (χ2n) is 3.94. The highest BCUT2D eigenvalue weighted by Crippen LogP contribution is 2.24. The Labute approximate surface area is 104 Å². The summed E-state index contributed by atoms with van der Waals surface area (Å²) in [7, 11) is 0. The van der Waals surface area contributed by atoms with Gasteiger partial charge in [-0.3, -0.25) is 9.59 Å². The smallest absolute Gasteiger partial charge is 0.303 e. The van der Waals surface area contributed by atoms with Crippen LogP contribution in [-0.4, -0.2) is 17.0 Å². The fourth-order valence-corrected chi connectivity index (χ4v) is 1.61. The van der Waals surface area contributed by atoms with Gasteiger partial charge in [-0.2, -0.15) is 0 Å². The van der Waals surface area contributed by atoms with Crippen molar-refractivity contribution in [3.8, 4) is 0 Å². The molecule has 18 heavy (non-hydrogen) atoms. The first-order chi connectivity index (χ1) is 8.49. The van der Waals surface area contributed by atoms with Gasteiger partial charge >= 0.3 is 11.9 Å². The first kappa shape index (κ1) is 14.2. The molecule has 4 nitrogen and oxygen atoms in total. The number of carbonyl (C=O) groups excluding carboxylic acids is 1. The molecule has 1 rings (SSSR count). The van der Waals surface area contributed by atoms with Gasteiger partial charge in [-0.1, -0.05) is 12.1 Å². The normalized spacial score (nSPS) is 11.9. The van der Waals surface area contributed by atoms with E-state index in [1.165, 1.54) is 31.2 Å². The van der Waals surface area contributed by atoms with Gasteiger partial charge in [-0.25, -0.2) is 4.39 Å². The van der Waals surface area contributed by atoms with Crippen molar-refractivity contribution in [3.63, 3.8) is 0 Å². The SMILES string of the molecule is CC(=O)O[C@H](CCCC(=O)O)c1ccc(F)cc1. The number of carboxylic acids is 1. The summed E-state index contributed by atoms with van der Waals surface area (Å²) in [6.07, 6.45) is 0.281. The van der Waals surface area contributed by atoms with Crippen molar-refractivity contribution >= 4 is 11.9 Å². The minimum Gasteiger partial charge on any atom is -0.481 e. The van der Waals surface area contributed by atoms with Gasteiger partial charge in [0.1, 0.15) is 11.9 Å². The average molecular weight is 254 g/mol. The van der Waals surface area contributed by atoms with Crippen molar-refractivity contribution in [1.29, 1.82) is 0 Å². The molecule has 5 heteroatoms. The van der Waals surface area contributed by atoms with E-state index in [0.717, 1.165) is 0 Å². The quantitative estimate of drug-likeness (QED) is 0.793. The Hall–Kier alpha value is -1.91. The lowest BCUT2D eigenvalue weighted by Crippen LogP contribution is -2.09. The van der Waals surface area contributed by atoms with Crippen LogP contribution in [0, 0.1) is 5.82 Å². The van der Waals surface area contributed by atoms with Gasteiger partial charge in [-0.15, -0.1) is 0 Å². The van der Waals surface area contributed by atoms with Gasteiger partial charge < -0.3 is 9.84 Å². The van der Waals surface area contributed by atoms with Crippen molar-refractivity contribution in [2.45, 2.75) is 32.3 Å². The molecule has 0 aliphatic carbocycles. The summed E-state index contributed by atoms with van der Waals surface area (Å²) < 4.78 is 17.9. The molecule has 0 aliphatic heterocycles. The van der Waals surface area contributed by atoms with Crippen molar-refractivity contribution in [2.75, 3.05) is 0 Å². The molecule has 0 aliphatic rings. The first-order valence-corrected chi connectivity index (χ1v) is 5.63. The van der Waals surface area contributed by atoms with Crippen LogP contribution in [0.3, 0.4) is 0 Å². The van der Waals surface area contributed by atoms with Gasteiger partial charge in [0.05, 0.1) is 0 Å². The number of ether oxygens (including phenoxy) is 1. The van der Waals surface area contributed by atoms with Gasteiger partial charge in [0.25, 0.3) is 0 Å². The minimum atomic E-state index is -0.893. The number of halogens is 1. The summed E-state index contributed by atoms with van der Waals surface area (Å²) in [6.45, 7) is 1.29. The highest BCUT2D eigenvalue weighted by Gasteiger charge is 2.15. The molecule has 0 aromatic heterocycles. The van der Waals surface area contributed by atoms with Crippen LogP contribution >= 0.6 is 0 Å². The fourth-order valence-electron chi connectivity index (χ4n) is 1.61. The predicted octanol–water partition coefficient (Wildman–Crippen LogP) is 2.68. The Morgan fingerprint density at radius 1 is 1.33 bits per heavy atom. The lowest BCUT2D eigenvalue weighted by Gasteiger charge is -2.17. The van der Waals surface area contributed by atoms with Crippen LogP contribution in [0.1, 0.15) is 37.9 Å². The first-order valence-electron chi connectivity index (χ1n) is 5.63. The van der Waals surface area contributed by atoms with E-state index < -0.39 is 18.0 Å². The number of benzene rings is 1. The van der Waals surface area contributed by atoms with E-state index in [4.69, 9.17) is 9.84 Å². The molecule has 0 fully saturated rings. The second-order valence-corrected chi connectivity index (χ2v) is 3.94. The topological polar surface area (TPSA) is 63.6 Å². The zero-order valence-corrected chi connectivity index (χ0v) is 10.1. The summed E-state index contributed by atoms with van der Waals surface area (Å²) in [5, 5.41) is 8.56. The molecule has 0 radical (unpaired) electrons. The molecule has 98 valence electrons. The van der Waals surface area contributed by atoms with E-state index in [2.05, 4.69) is 0 Å². The zero-order chi connectivity index (χ0) is 13.5. The third-order valence-electron chi connectivity index (χ3n) is 2.41.